The van der Waals surface area contributed by atoms with E-state index in [0.29, 0.717) is 17.7 Å². The Morgan fingerprint density at radius 1 is 0.960 bits per heavy atom. The summed E-state index contributed by atoms with van der Waals surface area (Å²) in [5.74, 6) is -0.340. The summed E-state index contributed by atoms with van der Waals surface area (Å²) in [4.78, 5) is 12.6. The number of para-hydroxylation sites is 1. The van der Waals surface area contributed by atoms with Crippen molar-refractivity contribution in [2.24, 2.45) is 0 Å². The summed E-state index contributed by atoms with van der Waals surface area (Å²) in [7, 11) is 0. The highest BCUT2D eigenvalue weighted by atomic mass is 79.9. The molecule has 3 nitrogen and oxygen atoms in total. The molecule has 3 rings (SSSR count). The topological polar surface area (TPSA) is 49.3 Å². The van der Waals surface area contributed by atoms with Gasteiger partial charge in [0, 0.05) is 15.4 Å². The molecule has 126 valence electrons. The number of phenols is 1. The highest BCUT2D eigenvalue weighted by Gasteiger charge is 2.15. The van der Waals surface area contributed by atoms with Gasteiger partial charge in [0.15, 0.2) is 0 Å². The number of amides is 1. The SMILES string of the molecule is O=C(Nc1ccc(Br)cc1Br)c1cccc(Cc2ccccc2)c1O. The van der Waals surface area contributed by atoms with Crippen LogP contribution in [0.25, 0.3) is 0 Å². The molecule has 0 fully saturated rings. The fraction of sp³-hybridized carbons (Fsp3) is 0.0500. The minimum Gasteiger partial charge on any atom is -0.507 e. The van der Waals surface area contributed by atoms with Gasteiger partial charge in [-0.25, -0.2) is 0 Å². The Balaban J connectivity index is 1.84. The lowest BCUT2D eigenvalue weighted by molar-refractivity contribution is 0.102. The third-order valence-corrected chi connectivity index (χ3v) is 4.93. The van der Waals surface area contributed by atoms with Crippen molar-refractivity contribution in [3.8, 4) is 5.75 Å². The second-order valence-electron chi connectivity index (χ2n) is 5.55. The Bertz CT molecular complexity index is 911. The summed E-state index contributed by atoms with van der Waals surface area (Å²) < 4.78 is 1.67. The minimum absolute atomic E-state index is 0.0112. The molecule has 0 aliphatic heterocycles. The number of halogens is 2. The van der Waals surface area contributed by atoms with Crippen molar-refractivity contribution in [2.45, 2.75) is 6.42 Å². The minimum atomic E-state index is -0.351. The molecule has 0 atom stereocenters. The lowest BCUT2D eigenvalue weighted by Crippen LogP contribution is -2.13. The quantitative estimate of drug-likeness (QED) is 0.519. The van der Waals surface area contributed by atoms with Crippen LogP contribution in [0.15, 0.2) is 75.7 Å². The first kappa shape index (κ1) is 17.7. The number of carbonyl (C=O) groups excluding carboxylic acids is 1. The Morgan fingerprint density at radius 2 is 1.72 bits per heavy atom. The van der Waals surface area contributed by atoms with Gasteiger partial charge in [-0.1, -0.05) is 58.4 Å². The van der Waals surface area contributed by atoms with E-state index in [-0.39, 0.29) is 17.2 Å². The van der Waals surface area contributed by atoms with E-state index in [1.54, 1.807) is 18.2 Å². The molecule has 0 saturated heterocycles. The molecular formula is C20H15Br2NO2. The molecule has 0 aliphatic rings. The van der Waals surface area contributed by atoms with Gasteiger partial charge in [-0.05, 0) is 51.3 Å². The average molecular weight is 461 g/mol. The highest BCUT2D eigenvalue weighted by Crippen LogP contribution is 2.29. The molecule has 2 N–H and O–H groups in total. The predicted molar refractivity (Wildman–Crippen MR) is 107 cm³/mol. The summed E-state index contributed by atoms with van der Waals surface area (Å²) >= 11 is 6.80. The fourth-order valence-electron chi connectivity index (χ4n) is 2.51. The number of aromatic hydroxyl groups is 1. The number of hydrogen-bond donors (Lipinski definition) is 2. The van der Waals surface area contributed by atoms with Gasteiger partial charge in [0.1, 0.15) is 5.75 Å². The Labute approximate surface area is 163 Å². The molecule has 0 aromatic heterocycles. The van der Waals surface area contributed by atoms with Crippen molar-refractivity contribution < 1.29 is 9.90 Å². The first-order valence-electron chi connectivity index (χ1n) is 7.66. The van der Waals surface area contributed by atoms with Crippen LogP contribution in [0.4, 0.5) is 5.69 Å². The zero-order chi connectivity index (χ0) is 17.8. The maximum atomic E-state index is 12.6. The van der Waals surface area contributed by atoms with Crippen molar-refractivity contribution in [1.82, 2.24) is 0 Å². The standard InChI is InChI=1S/C20H15Br2NO2/c21-15-9-10-18(17(22)12-15)23-20(25)16-8-4-7-14(19(16)24)11-13-5-2-1-3-6-13/h1-10,12,24H,11H2,(H,23,25). The maximum Gasteiger partial charge on any atom is 0.259 e. The van der Waals surface area contributed by atoms with Crippen LogP contribution >= 0.6 is 31.9 Å². The van der Waals surface area contributed by atoms with Crippen LogP contribution in [0.2, 0.25) is 0 Å². The van der Waals surface area contributed by atoms with E-state index in [4.69, 9.17) is 0 Å². The van der Waals surface area contributed by atoms with Crippen molar-refractivity contribution in [3.63, 3.8) is 0 Å². The van der Waals surface area contributed by atoms with Gasteiger partial charge in [0.05, 0.1) is 11.3 Å². The van der Waals surface area contributed by atoms with Crippen LogP contribution in [0, 0.1) is 0 Å². The molecule has 0 bridgehead atoms. The summed E-state index contributed by atoms with van der Waals surface area (Å²) in [5.41, 5.74) is 2.68. The summed E-state index contributed by atoms with van der Waals surface area (Å²) in [6, 6.07) is 20.5. The summed E-state index contributed by atoms with van der Waals surface area (Å²) in [6.07, 6.45) is 0.565. The van der Waals surface area contributed by atoms with Crippen molar-refractivity contribution >= 4 is 43.5 Å². The van der Waals surface area contributed by atoms with Gasteiger partial charge < -0.3 is 10.4 Å². The zero-order valence-electron chi connectivity index (χ0n) is 13.2. The number of nitrogens with one attached hydrogen (secondary N) is 1. The Hall–Kier alpha value is -2.11. The summed E-state index contributed by atoms with van der Waals surface area (Å²) in [6.45, 7) is 0. The molecule has 0 unspecified atom stereocenters. The molecule has 1 amide bonds. The summed E-state index contributed by atoms with van der Waals surface area (Å²) in [5, 5.41) is 13.4. The Kier molecular flexibility index (Phi) is 5.56. The molecule has 0 heterocycles. The van der Waals surface area contributed by atoms with Crippen molar-refractivity contribution in [1.29, 1.82) is 0 Å². The smallest absolute Gasteiger partial charge is 0.259 e. The third-order valence-electron chi connectivity index (χ3n) is 3.78. The number of phenolic OH excluding ortho intramolecular Hbond substituents is 1. The van der Waals surface area contributed by atoms with E-state index in [2.05, 4.69) is 37.2 Å². The van der Waals surface area contributed by atoms with Gasteiger partial charge in [0.25, 0.3) is 5.91 Å². The molecule has 3 aromatic rings. The molecule has 0 aliphatic carbocycles. The molecule has 25 heavy (non-hydrogen) atoms. The van der Waals surface area contributed by atoms with Crippen LogP contribution < -0.4 is 5.32 Å². The van der Waals surface area contributed by atoms with E-state index in [9.17, 15) is 9.90 Å². The Morgan fingerprint density at radius 3 is 2.44 bits per heavy atom. The molecular weight excluding hydrogens is 446 g/mol. The molecule has 0 spiro atoms. The number of benzene rings is 3. The fourth-order valence-corrected chi connectivity index (χ4v) is 3.66. The van der Waals surface area contributed by atoms with E-state index in [1.807, 2.05) is 48.5 Å². The van der Waals surface area contributed by atoms with Crippen LogP contribution in [0.1, 0.15) is 21.5 Å². The second-order valence-corrected chi connectivity index (χ2v) is 7.32. The monoisotopic (exact) mass is 459 g/mol. The predicted octanol–water partition coefficient (Wildman–Crippen LogP) is 5.76. The molecule has 5 heteroatoms. The van der Waals surface area contributed by atoms with E-state index in [0.717, 1.165) is 14.5 Å². The van der Waals surface area contributed by atoms with E-state index in [1.165, 1.54) is 0 Å². The normalized spacial score (nSPS) is 10.5. The number of carbonyl (C=O) groups is 1. The van der Waals surface area contributed by atoms with Crippen molar-refractivity contribution in [2.75, 3.05) is 5.32 Å². The largest absolute Gasteiger partial charge is 0.507 e. The number of rotatable bonds is 4. The maximum absolute atomic E-state index is 12.6. The molecule has 0 saturated carbocycles. The van der Waals surface area contributed by atoms with Crippen LogP contribution in [-0.4, -0.2) is 11.0 Å². The molecule has 3 aromatic carbocycles. The highest BCUT2D eigenvalue weighted by molar-refractivity contribution is 9.11. The van der Waals surface area contributed by atoms with Gasteiger partial charge in [0.2, 0.25) is 0 Å². The van der Waals surface area contributed by atoms with Gasteiger partial charge in [-0.3, -0.25) is 4.79 Å². The first-order valence-corrected chi connectivity index (χ1v) is 9.24. The van der Waals surface area contributed by atoms with Crippen LogP contribution in [-0.2, 0) is 6.42 Å². The van der Waals surface area contributed by atoms with E-state index < -0.39 is 0 Å². The van der Waals surface area contributed by atoms with Crippen LogP contribution in [0.5, 0.6) is 5.75 Å². The van der Waals surface area contributed by atoms with Gasteiger partial charge in [-0.2, -0.15) is 0 Å². The van der Waals surface area contributed by atoms with Gasteiger partial charge >= 0.3 is 0 Å². The number of hydrogen-bond acceptors (Lipinski definition) is 2. The van der Waals surface area contributed by atoms with Crippen molar-refractivity contribution in [3.05, 3.63) is 92.4 Å². The number of anilines is 1. The zero-order valence-corrected chi connectivity index (χ0v) is 16.3. The van der Waals surface area contributed by atoms with E-state index >= 15 is 0 Å². The van der Waals surface area contributed by atoms with Crippen LogP contribution in [0.3, 0.4) is 0 Å². The molecule has 0 radical (unpaired) electrons. The first-order chi connectivity index (χ1) is 12.0. The lowest BCUT2D eigenvalue weighted by Gasteiger charge is -2.12. The average Bonchev–Trinajstić information content (AvgIpc) is 2.60. The lowest BCUT2D eigenvalue weighted by atomic mass is 10.0. The third kappa shape index (κ3) is 4.30. The van der Waals surface area contributed by atoms with Gasteiger partial charge in [-0.15, -0.1) is 0 Å². The second kappa shape index (κ2) is 7.85.